The molecule has 0 aromatic rings. The van der Waals surface area contributed by atoms with E-state index in [4.69, 9.17) is 10.5 Å². The molecule has 0 saturated heterocycles. The predicted octanol–water partition coefficient (Wildman–Crippen LogP) is 1.60. The van der Waals surface area contributed by atoms with Crippen molar-refractivity contribution in [1.82, 2.24) is 0 Å². The van der Waals surface area contributed by atoms with E-state index in [-0.39, 0.29) is 0 Å². The lowest BCUT2D eigenvalue weighted by molar-refractivity contribution is -0.147. The second-order valence-corrected chi connectivity index (χ2v) is 4.05. The molecule has 16 heavy (non-hydrogen) atoms. The molecule has 0 rings (SSSR count). The van der Waals surface area contributed by atoms with Gasteiger partial charge in [0.1, 0.15) is 6.04 Å². The normalized spacial score (nSPS) is 14.5. The van der Waals surface area contributed by atoms with Crippen LogP contribution in [-0.2, 0) is 9.53 Å². The van der Waals surface area contributed by atoms with E-state index in [9.17, 15) is 9.90 Å². The van der Waals surface area contributed by atoms with Crippen LogP contribution >= 0.6 is 0 Å². The summed E-state index contributed by atoms with van der Waals surface area (Å²) in [6.45, 7) is 4.18. The minimum atomic E-state index is -0.897. The highest BCUT2D eigenvalue weighted by Gasteiger charge is 2.23. The van der Waals surface area contributed by atoms with E-state index in [1.165, 1.54) is 19.3 Å². The van der Waals surface area contributed by atoms with Crippen LogP contribution in [0.25, 0.3) is 0 Å². The zero-order valence-corrected chi connectivity index (χ0v) is 10.4. The number of aliphatic hydroxyl groups is 1. The fourth-order valence-electron chi connectivity index (χ4n) is 1.53. The van der Waals surface area contributed by atoms with Crippen molar-refractivity contribution < 1.29 is 14.6 Å². The Hall–Kier alpha value is -0.610. The lowest BCUT2D eigenvalue weighted by Gasteiger charge is -2.16. The summed E-state index contributed by atoms with van der Waals surface area (Å²) in [6.07, 6.45) is 5.39. The first-order chi connectivity index (χ1) is 7.63. The maximum atomic E-state index is 11.2. The second-order valence-electron chi connectivity index (χ2n) is 4.05. The van der Waals surface area contributed by atoms with E-state index in [1.54, 1.807) is 6.92 Å². The molecule has 4 nitrogen and oxygen atoms in total. The number of hydrogen-bond acceptors (Lipinski definition) is 4. The SMILES string of the molecule is CCCCCCCC(O)C(N)C(=O)OCC. The Balaban J connectivity index is 3.62. The Kier molecular flexibility index (Phi) is 9.24. The van der Waals surface area contributed by atoms with Gasteiger partial charge in [-0.1, -0.05) is 39.0 Å². The Morgan fingerprint density at radius 3 is 2.44 bits per heavy atom. The van der Waals surface area contributed by atoms with Gasteiger partial charge in [-0.2, -0.15) is 0 Å². The molecule has 96 valence electrons. The average molecular weight is 231 g/mol. The van der Waals surface area contributed by atoms with Crippen molar-refractivity contribution in [1.29, 1.82) is 0 Å². The molecule has 3 N–H and O–H groups in total. The number of rotatable bonds is 9. The first-order valence-electron chi connectivity index (χ1n) is 6.23. The molecule has 0 radical (unpaired) electrons. The number of hydrogen-bond donors (Lipinski definition) is 2. The van der Waals surface area contributed by atoms with Crippen molar-refractivity contribution in [3.63, 3.8) is 0 Å². The van der Waals surface area contributed by atoms with E-state index >= 15 is 0 Å². The summed E-state index contributed by atoms with van der Waals surface area (Å²) >= 11 is 0. The fraction of sp³-hybridized carbons (Fsp3) is 0.917. The summed E-state index contributed by atoms with van der Waals surface area (Å²) in [7, 11) is 0. The monoisotopic (exact) mass is 231 g/mol. The number of esters is 1. The van der Waals surface area contributed by atoms with Gasteiger partial charge in [0.05, 0.1) is 12.7 Å². The van der Waals surface area contributed by atoms with Gasteiger partial charge < -0.3 is 15.6 Å². The summed E-state index contributed by atoms with van der Waals surface area (Å²) in [4.78, 5) is 11.2. The maximum absolute atomic E-state index is 11.2. The smallest absolute Gasteiger partial charge is 0.325 e. The second kappa shape index (κ2) is 9.60. The fourth-order valence-corrected chi connectivity index (χ4v) is 1.53. The van der Waals surface area contributed by atoms with Crippen LogP contribution in [-0.4, -0.2) is 29.8 Å². The van der Waals surface area contributed by atoms with Gasteiger partial charge in [-0.05, 0) is 13.3 Å². The van der Waals surface area contributed by atoms with Crippen LogP contribution in [0, 0.1) is 0 Å². The Bertz CT molecular complexity index is 185. The number of unbranched alkanes of at least 4 members (excludes halogenated alkanes) is 4. The maximum Gasteiger partial charge on any atom is 0.325 e. The molecule has 0 spiro atoms. The molecule has 0 saturated carbocycles. The summed E-state index contributed by atoms with van der Waals surface area (Å²) < 4.78 is 4.75. The van der Waals surface area contributed by atoms with Gasteiger partial charge in [-0.3, -0.25) is 4.79 Å². The average Bonchev–Trinajstić information content (AvgIpc) is 2.27. The standard InChI is InChI=1S/C12H25NO3/c1-3-5-6-7-8-9-10(14)11(13)12(15)16-4-2/h10-11,14H,3-9,13H2,1-2H3. The van der Waals surface area contributed by atoms with Crippen molar-refractivity contribution in [2.24, 2.45) is 5.73 Å². The van der Waals surface area contributed by atoms with Gasteiger partial charge in [-0.15, -0.1) is 0 Å². The highest BCUT2D eigenvalue weighted by molar-refractivity contribution is 5.76. The summed E-state index contributed by atoms with van der Waals surface area (Å²) in [5.41, 5.74) is 5.56. The van der Waals surface area contributed by atoms with Gasteiger partial charge in [0.2, 0.25) is 0 Å². The third-order valence-electron chi connectivity index (χ3n) is 2.58. The van der Waals surface area contributed by atoms with Crippen LogP contribution < -0.4 is 5.73 Å². The molecule has 0 heterocycles. The van der Waals surface area contributed by atoms with E-state index < -0.39 is 18.1 Å². The lowest BCUT2D eigenvalue weighted by Crippen LogP contribution is -2.43. The third-order valence-corrected chi connectivity index (χ3v) is 2.58. The van der Waals surface area contributed by atoms with Gasteiger partial charge >= 0.3 is 5.97 Å². The molecule has 0 aliphatic rings. The lowest BCUT2D eigenvalue weighted by atomic mass is 10.0. The van der Waals surface area contributed by atoms with Crippen molar-refractivity contribution in [2.45, 2.75) is 64.5 Å². The summed E-state index contributed by atoms with van der Waals surface area (Å²) in [5.74, 6) is -0.511. The Morgan fingerprint density at radius 1 is 1.25 bits per heavy atom. The van der Waals surface area contributed by atoms with Crippen molar-refractivity contribution in [3.05, 3.63) is 0 Å². The van der Waals surface area contributed by atoms with Crippen LogP contribution in [0.3, 0.4) is 0 Å². The summed E-state index contributed by atoms with van der Waals surface area (Å²) in [5, 5.41) is 9.65. The van der Waals surface area contributed by atoms with Gasteiger partial charge in [0, 0.05) is 0 Å². The van der Waals surface area contributed by atoms with Crippen molar-refractivity contribution >= 4 is 5.97 Å². The molecular formula is C12H25NO3. The molecule has 0 aliphatic carbocycles. The molecule has 2 atom stereocenters. The van der Waals surface area contributed by atoms with Gasteiger partial charge in [0.25, 0.3) is 0 Å². The van der Waals surface area contributed by atoms with E-state index in [2.05, 4.69) is 6.92 Å². The molecule has 0 bridgehead atoms. The zero-order valence-electron chi connectivity index (χ0n) is 10.4. The predicted molar refractivity (Wildman–Crippen MR) is 64.0 cm³/mol. The number of nitrogens with two attached hydrogens (primary N) is 1. The van der Waals surface area contributed by atoms with E-state index in [1.807, 2.05) is 0 Å². The van der Waals surface area contributed by atoms with E-state index in [0.717, 1.165) is 12.8 Å². The molecule has 4 heteroatoms. The Labute approximate surface area is 98.2 Å². The van der Waals surface area contributed by atoms with Crippen molar-refractivity contribution in [2.75, 3.05) is 6.61 Å². The molecule has 0 amide bonds. The number of carbonyl (C=O) groups is 1. The van der Waals surface area contributed by atoms with Crippen LogP contribution in [0.4, 0.5) is 0 Å². The van der Waals surface area contributed by atoms with Crippen LogP contribution in [0.5, 0.6) is 0 Å². The minimum absolute atomic E-state index is 0.301. The van der Waals surface area contributed by atoms with Gasteiger partial charge in [0.15, 0.2) is 0 Å². The number of carbonyl (C=O) groups excluding carboxylic acids is 1. The van der Waals surface area contributed by atoms with E-state index in [0.29, 0.717) is 13.0 Å². The van der Waals surface area contributed by atoms with Crippen molar-refractivity contribution in [3.8, 4) is 0 Å². The van der Waals surface area contributed by atoms with Crippen LogP contribution in [0.1, 0.15) is 52.4 Å². The van der Waals surface area contributed by atoms with Gasteiger partial charge in [-0.25, -0.2) is 0 Å². The third kappa shape index (κ3) is 6.80. The van der Waals surface area contributed by atoms with Crippen LogP contribution in [0.2, 0.25) is 0 Å². The molecule has 0 aromatic heterocycles. The molecular weight excluding hydrogens is 206 g/mol. The minimum Gasteiger partial charge on any atom is -0.465 e. The first kappa shape index (κ1) is 15.4. The Morgan fingerprint density at radius 2 is 1.88 bits per heavy atom. The highest BCUT2D eigenvalue weighted by atomic mass is 16.5. The topological polar surface area (TPSA) is 72.5 Å². The molecule has 2 unspecified atom stereocenters. The molecule has 0 aliphatic heterocycles. The first-order valence-corrected chi connectivity index (χ1v) is 6.23. The number of ether oxygens (including phenoxy) is 1. The largest absolute Gasteiger partial charge is 0.465 e. The quantitative estimate of drug-likeness (QED) is 0.467. The molecule has 0 aromatic carbocycles. The summed E-state index contributed by atoms with van der Waals surface area (Å²) in [6, 6.07) is -0.897. The van der Waals surface area contributed by atoms with Crippen LogP contribution in [0.15, 0.2) is 0 Å². The highest BCUT2D eigenvalue weighted by Crippen LogP contribution is 2.09. The molecule has 0 fully saturated rings. The number of aliphatic hydroxyl groups excluding tert-OH is 1. The zero-order chi connectivity index (χ0) is 12.4.